The first-order chi connectivity index (χ1) is 16.3. The van der Waals surface area contributed by atoms with Gasteiger partial charge in [0.15, 0.2) is 0 Å². The Hall–Kier alpha value is -0.845. The van der Waals surface area contributed by atoms with Crippen LogP contribution in [0.4, 0.5) is 0 Å². The van der Waals surface area contributed by atoms with Crippen LogP contribution < -0.4 is 2.60 Å². The first-order valence-corrected chi connectivity index (χ1v) is 29.6. The van der Waals surface area contributed by atoms with Gasteiger partial charge in [-0.05, 0) is 12.8 Å². The predicted molar refractivity (Wildman–Crippen MR) is 124 cm³/mol. The first kappa shape index (κ1) is 22.6. The van der Waals surface area contributed by atoms with E-state index in [0.29, 0.717) is 0 Å². The number of likely N-dealkylation sites (tertiary alicyclic amines) is 1. The number of piperidine rings is 1. The summed E-state index contributed by atoms with van der Waals surface area (Å²) in [7, 11) is 0.773. The minimum absolute atomic E-state index is 0.124. The minimum atomic E-state index is -0.689. The zero-order chi connectivity index (χ0) is 22.0. The van der Waals surface area contributed by atoms with Crippen LogP contribution in [-0.4, -0.2) is 32.4 Å². The van der Waals surface area contributed by atoms with Crippen molar-refractivity contribution in [2.24, 2.45) is 0 Å². The standard InChI is InChI=1S/C27H24N3.U.V.W/c1-20-10-15-24-25(18-20)29-26(22-8-4-2-5-9-22)27(28-24)23-13-11-21(12-14-23)19-30-16-6-3-7-17-30;;;/h1-2,4-5,8-9,11-15,18H,3,6-7,16-17,19H2;;;. The molecule has 6 heteroatoms. The Bertz CT molecular complexity index is 1360. The number of benzene rings is 3. The normalized spacial score (nSPS) is 15.4. The molecule has 0 aliphatic carbocycles. The molecule has 6 rings (SSSR count). The van der Waals surface area contributed by atoms with Crippen LogP contribution in [-0.2, 0) is 30.1 Å². The van der Waals surface area contributed by atoms with Crippen LogP contribution >= 0.6 is 0 Å². The summed E-state index contributed by atoms with van der Waals surface area (Å²) in [6.45, 7) is 3.51. The molecule has 0 saturated carbocycles. The summed E-state index contributed by atoms with van der Waals surface area (Å²) in [6.07, 6.45) is 4.05. The topological polar surface area (TPSA) is 29.0 Å². The summed E-state index contributed by atoms with van der Waals surface area (Å²) in [5.74, 6) is 0. The van der Waals surface area contributed by atoms with Crippen molar-refractivity contribution < 1.29 is 47.6 Å². The molecule has 3 aromatic carbocycles. The van der Waals surface area contributed by atoms with Crippen LogP contribution in [0.2, 0.25) is 0 Å². The molecule has 3 heterocycles. The van der Waals surface area contributed by atoms with Gasteiger partial charge in [-0.3, -0.25) is 0 Å². The molecule has 3 nitrogen and oxygen atoms in total. The van der Waals surface area contributed by atoms with E-state index in [-0.39, 0.29) is 15.7 Å². The van der Waals surface area contributed by atoms with E-state index in [4.69, 9.17) is 9.97 Å². The fourth-order valence-electron chi connectivity index (χ4n) is 4.61. The van der Waals surface area contributed by atoms with Gasteiger partial charge in [0, 0.05) is 0 Å². The van der Waals surface area contributed by atoms with E-state index in [1.165, 1.54) is 49.0 Å². The van der Waals surface area contributed by atoms with Gasteiger partial charge in [-0.25, -0.2) is 0 Å². The molecule has 33 heavy (non-hydrogen) atoms. The van der Waals surface area contributed by atoms with Gasteiger partial charge in [-0.15, -0.1) is 0 Å². The number of rotatable bonds is 4. The Morgan fingerprint density at radius 3 is 2.27 bits per heavy atom. The second-order valence-electron chi connectivity index (χ2n) is 8.68. The Balaban J connectivity index is 1.43. The third-order valence-corrected chi connectivity index (χ3v) is 46.2. The van der Waals surface area contributed by atoms with Crippen molar-refractivity contribution in [2.75, 3.05) is 13.1 Å². The zero-order valence-electron chi connectivity index (χ0n) is 18.4. The molecule has 0 spiro atoms. The van der Waals surface area contributed by atoms with Gasteiger partial charge in [0.2, 0.25) is 0 Å². The monoisotopic (exact) mass is 863 g/mol. The summed E-state index contributed by atoms with van der Waals surface area (Å²) < 4.78 is 4.30. The molecule has 0 unspecified atom stereocenters. The van der Waals surface area contributed by atoms with E-state index < -0.39 is 24.0 Å². The van der Waals surface area contributed by atoms with Crippen LogP contribution in [0, 0.1) is 24.0 Å². The van der Waals surface area contributed by atoms with Crippen LogP contribution in [0.5, 0.6) is 0 Å². The van der Waals surface area contributed by atoms with Crippen molar-refractivity contribution in [3.8, 4) is 22.5 Å². The van der Waals surface area contributed by atoms with Gasteiger partial charge >= 0.3 is 201 Å². The zero-order valence-corrected chi connectivity index (χ0v) is 26.9. The van der Waals surface area contributed by atoms with Crippen molar-refractivity contribution in [3.05, 3.63) is 77.9 Å². The van der Waals surface area contributed by atoms with Gasteiger partial charge in [-0.2, -0.15) is 0 Å². The number of hydrogen-bond donors (Lipinski definition) is 0. The average Bonchev–Trinajstić information content (AvgIpc) is 2.88. The van der Waals surface area contributed by atoms with E-state index in [0.717, 1.165) is 42.4 Å². The molecule has 4 aromatic rings. The summed E-state index contributed by atoms with van der Waals surface area (Å²) in [5, 5.41) is 0. The van der Waals surface area contributed by atoms with Crippen molar-refractivity contribution in [3.63, 3.8) is 0 Å². The average molecular weight is 863 g/mol. The van der Waals surface area contributed by atoms with Crippen LogP contribution in [0.25, 0.3) is 33.5 Å². The van der Waals surface area contributed by atoms with E-state index in [1.54, 1.807) is 2.60 Å². The molecule has 2 aliphatic rings. The van der Waals surface area contributed by atoms with Crippen LogP contribution in [0.1, 0.15) is 30.4 Å². The van der Waals surface area contributed by atoms with Crippen molar-refractivity contribution in [2.45, 2.75) is 25.8 Å². The molecule has 1 aromatic heterocycles. The molecule has 0 bridgehead atoms. The van der Waals surface area contributed by atoms with Crippen molar-refractivity contribution in [1.29, 1.82) is 0 Å². The first-order valence-electron chi connectivity index (χ1n) is 11.5. The molecule has 0 atom stereocenters. The van der Waals surface area contributed by atoms with E-state index in [2.05, 4.69) is 76.0 Å². The Labute approximate surface area is 217 Å². The van der Waals surface area contributed by atoms with E-state index in [1.807, 2.05) is 0 Å². The second kappa shape index (κ2) is 10.4. The molecule has 0 N–H and O–H groups in total. The SMILES string of the molecule is [CH]1=[W][V]=[U][c]2cc3nc(-c4ccc(CN5CCCCC5)cc4)c(-c4ccccc4)nc3cc21. The molecular formula is C27H24N3UVW. The van der Waals surface area contributed by atoms with Crippen molar-refractivity contribution in [1.82, 2.24) is 14.9 Å². The Kier molecular flexibility index (Phi) is 7.14. The molecule has 0 amide bonds. The Morgan fingerprint density at radius 1 is 0.818 bits per heavy atom. The number of nitrogens with zero attached hydrogens (tertiary/aromatic N) is 3. The summed E-state index contributed by atoms with van der Waals surface area (Å²) in [5.41, 5.74) is 9.36. The second-order valence-corrected chi connectivity index (χ2v) is 48.0. The summed E-state index contributed by atoms with van der Waals surface area (Å²) in [6, 6.07) is 24.4. The van der Waals surface area contributed by atoms with Gasteiger partial charge in [0.1, 0.15) is 0 Å². The Morgan fingerprint density at radius 2 is 1.52 bits per heavy atom. The van der Waals surface area contributed by atoms with Gasteiger partial charge in [0.05, 0.1) is 0 Å². The van der Waals surface area contributed by atoms with Gasteiger partial charge in [0.25, 0.3) is 0 Å². The van der Waals surface area contributed by atoms with E-state index >= 15 is 0 Å². The third kappa shape index (κ3) is 5.09. The number of fused-ring (bicyclic) bond motifs is 2. The van der Waals surface area contributed by atoms with Crippen LogP contribution in [0.3, 0.4) is 0 Å². The molecule has 1 saturated heterocycles. The van der Waals surface area contributed by atoms with E-state index in [9.17, 15) is 0 Å². The number of aromatic nitrogens is 2. The maximum atomic E-state index is 5.25. The van der Waals surface area contributed by atoms with Crippen molar-refractivity contribution >= 4 is 18.0 Å². The predicted octanol–water partition coefficient (Wildman–Crippen LogP) is 4.82. The maximum absolute atomic E-state index is 5.25. The number of hydrogen-bond acceptors (Lipinski definition) is 3. The quantitative estimate of drug-likeness (QED) is 0.295. The summed E-state index contributed by atoms with van der Waals surface area (Å²) in [4.78, 5) is 13.0. The fraction of sp³-hybridized carbons (Fsp3) is 0.222. The molecule has 0 radical (unpaired) electrons. The molecule has 162 valence electrons. The van der Waals surface area contributed by atoms with Gasteiger partial charge in [-0.1, -0.05) is 6.42 Å². The molecule has 1 fully saturated rings. The molecular weight excluding hydrogens is 839 g/mol. The van der Waals surface area contributed by atoms with Crippen LogP contribution in [0.15, 0.2) is 66.7 Å². The summed E-state index contributed by atoms with van der Waals surface area (Å²) >= 11 is -0.813. The van der Waals surface area contributed by atoms with Gasteiger partial charge < -0.3 is 0 Å². The third-order valence-electron chi connectivity index (χ3n) is 6.36. The fourth-order valence-corrected chi connectivity index (χ4v) is 45.6. The molecule has 2 aliphatic heterocycles.